The predicted molar refractivity (Wildman–Crippen MR) is 102 cm³/mol. The highest BCUT2D eigenvalue weighted by atomic mass is 35.5. The lowest BCUT2D eigenvalue weighted by Gasteiger charge is -2.14. The SMILES string of the molecule is CNC(=O)c1ccc(C[NH+](C)CCSc2cc(Cl)ccc2Cl)cc1. The van der Waals surface area contributed by atoms with Crippen molar-refractivity contribution in [2.75, 3.05) is 26.4 Å². The zero-order valence-corrected chi connectivity index (χ0v) is 16.1. The summed E-state index contributed by atoms with van der Waals surface area (Å²) >= 11 is 13.9. The van der Waals surface area contributed by atoms with Crippen molar-refractivity contribution < 1.29 is 9.69 Å². The number of quaternary nitrogens is 1. The van der Waals surface area contributed by atoms with Gasteiger partial charge in [-0.05, 0) is 30.3 Å². The third-order valence-electron chi connectivity index (χ3n) is 3.63. The van der Waals surface area contributed by atoms with Crippen molar-refractivity contribution in [2.45, 2.75) is 11.4 Å². The van der Waals surface area contributed by atoms with Crippen LogP contribution in [-0.2, 0) is 6.54 Å². The van der Waals surface area contributed by atoms with E-state index in [9.17, 15) is 4.79 Å². The average molecular weight is 384 g/mol. The van der Waals surface area contributed by atoms with E-state index >= 15 is 0 Å². The summed E-state index contributed by atoms with van der Waals surface area (Å²) in [5, 5.41) is 4.08. The monoisotopic (exact) mass is 383 g/mol. The third-order valence-corrected chi connectivity index (χ3v) is 5.36. The molecule has 2 aromatic carbocycles. The van der Waals surface area contributed by atoms with Crippen LogP contribution in [0.25, 0.3) is 0 Å². The second-order valence-corrected chi connectivity index (χ2v) is 7.56. The number of carbonyl (C=O) groups is 1. The number of thioether (sulfide) groups is 1. The number of halogens is 2. The summed E-state index contributed by atoms with van der Waals surface area (Å²) in [6, 6.07) is 13.3. The van der Waals surface area contributed by atoms with Gasteiger partial charge in [-0.3, -0.25) is 4.79 Å². The standard InChI is InChI=1S/C18H20Cl2N2OS/c1-21-18(23)14-5-3-13(4-6-14)12-22(2)9-10-24-17-11-15(19)7-8-16(17)20/h3-8,11H,9-10,12H2,1-2H3,(H,21,23)/p+1. The van der Waals surface area contributed by atoms with E-state index in [-0.39, 0.29) is 5.91 Å². The molecule has 0 spiro atoms. The molecule has 1 amide bonds. The third kappa shape index (κ3) is 5.71. The van der Waals surface area contributed by atoms with Crippen molar-refractivity contribution in [1.82, 2.24) is 5.32 Å². The van der Waals surface area contributed by atoms with Gasteiger partial charge in [0.2, 0.25) is 0 Å². The predicted octanol–water partition coefficient (Wildman–Crippen LogP) is 3.16. The van der Waals surface area contributed by atoms with Gasteiger partial charge < -0.3 is 10.2 Å². The lowest BCUT2D eigenvalue weighted by molar-refractivity contribution is -0.891. The van der Waals surface area contributed by atoms with Crippen molar-refractivity contribution >= 4 is 40.9 Å². The lowest BCUT2D eigenvalue weighted by Crippen LogP contribution is -3.08. The van der Waals surface area contributed by atoms with Crippen molar-refractivity contribution in [3.05, 3.63) is 63.6 Å². The van der Waals surface area contributed by atoms with Gasteiger partial charge in [0.15, 0.2) is 0 Å². The van der Waals surface area contributed by atoms with E-state index in [1.54, 1.807) is 24.9 Å². The van der Waals surface area contributed by atoms with Crippen LogP contribution >= 0.6 is 35.0 Å². The summed E-state index contributed by atoms with van der Waals surface area (Å²) in [6.07, 6.45) is 0. The molecule has 0 bridgehead atoms. The van der Waals surface area contributed by atoms with Crippen LogP contribution in [0.5, 0.6) is 0 Å². The number of nitrogens with one attached hydrogen (secondary N) is 2. The van der Waals surface area contributed by atoms with Gasteiger partial charge in [-0.1, -0.05) is 35.3 Å². The first-order valence-corrected chi connectivity index (χ1v) is 9.44. The molecule has 0 saturated carbocycles. The molecule has 24 heavy (non-hydrogen) atoms. The minimum atomic E-state index is -0.0583. The molecule has 0 radical (unpaired) electrons. The van der Waals surface area contributed by atoms with Crippen LogP contribution in [0, 0.1) is 0 Å². The van der Waals surface area contributed by atoms with E-state index < -0.39 is 0 Å². The van der Waals surface area contributed by atoms with Crippen LogP contribution in [0.4, 0.5) is 0 Å². The maximum atomic E-state index is 11.5. The van der Waals surface area contributed by atoms with Gasteiger partial charge in [-0.2, -0.15) is 0 Å². The summed E-state index contributed by atoms with van der Waals surface area (Å²) in [5.41, 5.74) is 1.90. The molecule has 0 fully saturated rings. The van der Waals surface area contributed by atoms with Gasteiger partial charge in [0.25, 0.3) is 5.91 Å². The Balaban J connectivity index is 1.81. The molecule has 0 aliphatic heterocycles. The van der Waals surface area contributed by atoms with Gasteiger partial charge in [0.05, 0.1) is 18.6 Å². The topological polar surface area (TPSA) is 33.5 Å². The zero-order valence-electron chi connectivity index (χ0n) is 13.7. The molecule has 128 valence electrons. The summed E-state index contributed by atoms with van der Waals surface area (Å²) in [4.78, 5) is 14.0. The number of amides is 1. The van der Waals surface area contributed by atoms with E-state index in [1.807, 2.05) is 36.4 Å². The highest BCUT2D eigenvalue weighted by Gasteiger charge is 2.08. The van der Waals surface area contributed by atoms with E-state index in [0.29, 0.717) is 10.6 Å². The van der Waals surface area contributed by atoms with E-state index in [2.05, 4.69) is 12.4 Å². The average Bonchev–Trinajstić information content (AvgIpc) is 2.58. The lowest BCUT2D eigenvalue weighted by atomic mass is 10.1. The van der Waals surface area contributed by atoms with Crippen molar-refractivity contribution in [3.8, 4) is 0 Å². The molecule has 1 unspecified atom stereocenters. The molecule has 1 atom stereocenters. The fraction of sp³-hybridized carbons (Fsp3) is 0.278. The number of hydrogen-bond acceptors (Lipinski definition) is 2. The van der Waals surface area contributed by atoms with Gasteiger partial charge in [0.1, 0.15) is 6.54 Å². The molecule has 0 aliphatic rings. The maximum Gasteiger partial charge on any atom is 0.251 e. The zero-order chi connectivity index (χ0) is 17.5. The second kappa shape index (κ2) is 9.33. The van der Waals surface area contributed by atoms with Gasteiger partial charge in [-0.15, -0.1) is 11.8 Å². The first kappa shape index (κ1) is 19.1. The summed E-state index contributed by atoms with van der Waals surface area (Å²) in [7, 11) is 3.80. The first-order valence-electron chi connectivity index (χ1n) is 7.69. The van der Waals surface area contributed by atoms with Crippen LogP contribution in [-0.4, -0.2) is 32.3 Å². The molecule has 0 saturated heterocycles. The smallest absolute Gasteiger partial charge is 0.251 e. The highest BCUT2D eigenvalue weighted by Crippen LogP contribution is 2.29. The van der Waals surface area contributed by atoms with Crippen molar-refractivity contribution in [1.29, 1.82) is 0 Å². The highest BCUT2D eigenvalue weighted by molar-refractivity contribution is 7.99. The van der Waals surface area contributed by atoms with Crippen molar-refractivity contribution in [3.63, 3.8) is 0 Å². The van der Waals surface area contributed by atoms with E-state index in [0.717, 1.165) is 28.8 Å². The molecule has 0 heterocycles. The molecule has 0 aliphatic carbocycles. The quantitative estimate of drug-likeness (QED) is 0.719. The van der Waals surface area contributed by atoms with Crippen LogP contribution in [0.3, 0.4) is 0 Å². The van der Waals surface area contributed by atoms with Gasteiger partial charge in [-0.25, -0.2) is 0 Å². The minimum Gasteiger partial charge on any atom is -0.355 e. The van der Waals surface area contributed by atoms with Crippen molar-refractivity contribution in [2.24, 2.45) is 0 Å². The molecular weight excluding hydrogens is 363 g/mol. The molecule has 2 aromatic rings. The Morgan fingerprint density at radius 2 is 1.88 bits per heavy atom. The van der Waals surface area contributed by atoms with Crippen LogP contribution in [0.1, 0.15) is 15.9 Å². The normalized spacial score (nSPS) is 12.0. The first-order chi connectivity index (χ1) is 11.5. The molecule has 0 aromatic heterocycles. The maximum absolute atomic E-state index is 11.5. The number of rotatable bonds is 7. The van der Waals surface area contributed by atoms with Crippen LogP contribution in [0.2, 0.25) is 10.0 Å². The number of carbonyl (C=O) groups excluding carboxylic acids is 1. The molecule has 6 heteroatoms. The molecular formula is C18H21Cl2N2OS+. The minimum absolute atomic E-state index is 0.0583. The fourth-order valence-electron chi connectivity index (χ4n) is 2.28. The molecule has 3 nitrogen and oxygen atoms in total. The number of benzene rings is 2. The van der Waals surface area contributed by atoms with Gasteiger partial charge in [0, 0.05) is 33.8 Å². The number of hydrogen-bond donors (Lipinski definition) is 2. The summed E-state index contributed by atoms with van der Waals surface area (Å²) < 4.78 is 0. The van der Waals surface area contributed by atoms with Crippen LogP contribution in [0.15, 0.2) is 47.4 Å². The Morgan fingerprint density at radius 3 is 2.54 bits per heavy atom. The van der Waals surface area contributed by atoms with E-state index in [4.69, 9.17) is 23.2 Å². The fourth-order valence-corrected chi connectivity index (χ4v) is 3.88. The summed E-state index contributed by atoms with van der Waals surface area (Å²) in [6.45, 7) is 1.92. The van der Waals surface area contributed by atoms with E-state index in [1.165, 1.54) is 10.5 Å². The Bertz CT molecular complexity index is 692. The second-order valence-electron chi connectivity index (χ2n) is 5.58. The van der Waals surface area contributed by atoms with Crippen LogP contribution < -0.4 is 10.2 Å². The largest absolute Gasteiger partial charge is 0.355 e. The summed E-state index contributed by atoms with van der Waals surface area (Å²) in [5.74, 6) is 0.902. The van der Waals surface area contributed by atoms with Gasteiger partial charge >= 0.3 is 0 Å². The Labute approximate surface area is 157 Å². The Hall–Kier alpha value is -1.20. The molecule has 2 N–H and O–H groups in total. The Kier molecular flexibility index (Phi) is 7.43. The Morgan fingerprint density at radius 1 is 1.17 bits per heavy atom. The molecule has 2 rings (SSSR count).